The molecule has 32 heavy (non-hydrogen) atoms. The smallest absolute Gasteiger partial charge is 0.343 e. The van der Waals surface area contributed by atoms with Crippen LogP contribution in [0.15, 0.2) is 71.8 Å². The Morgan fingerprint density at radius 2 is 1.66 bits per heavy atom. The first-order valence-corrected chi connectivity index (χ1v) is 9.86. The summed E-state index contributed by atoms with van der Waals surface area (Å²) in [6.45, 7) is 2.63. The number of hydrogen-bond donors (Lipinski definition) is 3. The maximum Gasteiger partial charge on any atom is 0.343 e. The van der Waals surface area contributed by atoms with Crippen LogP contribution in [-0.4, -0.2) is 34.9 Å². The molecule has 8 heteroatoms. The van der Waals surface area contributed by atoms with Crippen LogP contribution < -0.4 is 14.9 Å². The number of hydrogen-bond acceptors (Lipinski definition) is 7. The molecule has 3 aromatic rings. The second kappa shape index (κ2) is 10.6. The molecule has 164 valence electrons. The topological polar surface area (TPSA) is 117 Å². The second-order valence-electron chi connectivity index (χ2n) is 6.73. The molecule has 0 aliphatic heterocycles. The maximum atomic E-state index is 12.3. The highest BCUT2D eigenvalue weighted by Crippen LogP contribution is 2.22. The van der Waals surface area contributed by atoms with Crippen molar-refractivity contribution in [3.63, 3.8) is 0 Å². The molecular formula is C24H22N2O6. The van der Waals surface area contributed by atoms with Crippen LogP contribution in [0.4, 0.5) is 0 Å². The van der Waals surface area contributed by atoms with E-state index in [1.54, 1.807) is 48.5 Å². The zero-order valence-corrected chi connectivity index (χ0v) is 17.3. The molecule has 0 atom stereocenters. The zero-order valence-electron chi connectivity index (χ0n) is 17.3. The number of carbonyl (C=O) groups is 2. The van der Waals surface area contributed by atoms with Crippen LogP contribution in [0.2, 0.25) is 0 Å². The highest BCUT2D eigenvalue weighted by molar-refractivity contribution is 5.97. The largest absolute Gasteiger partial charge is 0.508 e. The molecule has 1 amide bonds. The fourth-order valence-corrected chi connectivity index (χ4v) is 2.63. The van der Waals surface area contributed by atoms with Crippen molar-refractivity contribution in [3.05, 3.63) is 83.4 Å². The average Bonchev–Trinajstić information content (AvgIpc) is 2.79. The minimum absolute atomic E-state index is 0.0211. The number of esters is 1. The van der Waals surface area contributed by atoms with Crippen molar-refractivity contribution in [3.8, 4) is 23.0 Å². The number of nitrogens with zero attached hydrogens (tertiary/aromatic N) is 1. The van der Waals surface area contributed by atoms with Crippen LogP contribution in [0.5, 0.6) is 23.0 Å². The first-order chi connectivity index (χ1) is 15.5. The van der Waals surface area contributed by atoms with E-state index >= 15 is 0 Å². The first kappa shape index (κ1) is 22.4. The molecule has 8 nitrogen and oxygen atoms in total. The van der Waals surface area contributed by atoms with E-state index in [1.165, 1.54) is 18.3 Å². The monoisotopic (exact) mass is 434 g/mol. The molecule has 0 spiro atoms. The van der Waals surface area contributed by atoms with Gasteiger partial charge in [-0.3, -0.25) is 4.79 Å². The van der Waals surface area contributed by atoms with Crippen molar-refractivity contribution in [2.24, 2.45) is 5.10 Å². The van der Waals surface area contributed by atoms with Gasteiger partial charge in [0.1, 0.15) is 23.0 Å². The van der Waals surface area contributed by atoms with E-state index in [9.17, 15) is 19.8 Å². The summed E-state index contributed by atoms with van der Waals surface area (Å²) in [6, 6.07) is 16.9. The van der Waals surface area contributed by atoms with Gasteiger partial charge in [-0.1, -0.05) is 6.92 Å². The van der Waals surface area contributed by atoms with Gasteiger partial charge < -0.3 is 19.7 Å². The van der Waals surface area contributed by atoms with Crippen LogP contribution in [-0.2, 0) is 0 Å². The van der Waals surface area contributed by atoms with Gasteiger partial charge in [0.2, 0.25) is 0 Å². The third-order valence-corrected chi connectivity index (χ3v) is 4.26. The average molecular weight is 434 g/mol. The predicted molar refractivity (Wildman–Crippen MR) is 118 cm³/mol. The fourth-order valence-electron chi connectivity index (χ4n) is 2.63. The number of amides is 1. The van der Waals surface area contributed by atoms with Gasteiger partial charge >= 0.3 is 5.97 Å². The van der Waals surface area contributed by atoms with Gasteiger partial charge in [0, 0.05) is 6.07 Å². The molecule has 0 radical (unpaired) electrons. The second-order valence-corrected chi connectivity index (χ2v) is 6.73. The summed E-state index contributed by atoms with van der Waals surface area (Å²) in [6.07, 6.45) is 2.30. The van der Waals surface area contributed by atoms with Crippen molar-refractivity contribution in [1.29, 1.82) is 0 Å². The number of aromatic hydroxyl groups is 2. The van der Waals surface area contributed by atoms with Gasteiger partial charge in [-0.05, 0) is 72.6 Å². The molecule has 0 aliphatic rings. The number of nitrogens with one attached hydrogen (secondary N) is 1. The minimum atomic E-state index is -0.629. The van der Waals surface area contributed by atoms with E-state index in [-0.39, 0.29) is 17.1 Å². The molecule has 0 unspecified atom stereocenters. The quantitative estimate of drug-likeness (QED) is 0.214. The van der Waals surface area contributed by atoms with Crippen molar-refractivity contribution >= 4 is 18.1 Å². The Bertz CT molecular complexity index is 1110. The van der Waals surface area contributed by atoms with Crippen molar-refractivity contribution in [2.75, 3.05) is 6.61 Å². The van der Waals surface area contributed by atoms with Gasteiger partial charge in [-0.2, -0.15) is 5.10 Å². The highest BCUT2D eigenvalue weighted by Gasteiger charge is 2.11. The van der Waals surface area contributed by atoms with Crippen LogP contribution in [0.25, 0.3) is 0 Å². The lowest BCUT2D eigenvalue weighted by atomic mass is 10.2. The van der Waals surface area contributed by atoms with E-state index in [4.69, 9.17) is 9.47 Å². The Morgan fingerprint density at radius 1 is 0.969 bits per heavy atom. The van der Waals surface area contributed by atoms with Crippen LogP contribution >= 0.6 is 0 Å². The van der Waals surface area contributed by atoms with Gasteiger partial charge in [-0.25, -0.2) is 10.2 Å². The Labute approximate surface area is 184 Å². The molecular weight excluding hydrogens is 412 g/mol. The number of ether oxygens (including phenoxy) is 2. The number of hydrazone groups is 1. The minimum Gasteiger partial charge on any atom is -0.508 e. The van der Waals surface area contributed by atoms with E-state index in [1.807, 2.05) is 6.92 Å². The Morgan fingerprint density at radius 3 is 2.31 bits per heavy atom. The molecule has 0 saturated carbocycles. The van der Waals surface area contributed by atoms with Crippen molar-refractivity contribution < 1.29 is 29.3 Å². The number of rotatable bonds is 8. The third-order valence-electron chi connectivity index (χ3n) is 4.26. The summed E-state index contributed by atoms with van der Waals surface area (Å²) >= 11 is 0. The molecule has 0 bridgehead atoms. The highest BCUT2D eigenvalue weighted by atomic mass is 16.5. The molecule has 0 saturated heterocycles. The number of benzene rings is 3. The molecule has 3 N–H and O–H groups in total. The molecule has 0 heterocycles. The van der Waals surface area contributed by atoms with E-state index < -0.39 is 11.9 Å². The lowest BCUT2D eigenvalue weighted by Gasteiger charge is -2.07. The standard InChI is InChI=1S/C24H22N2O6/c1-2-13-31-19-10-5-17(6-11-19)24(30)32-20-8-3-16(4-9-20)15-25-26-23(29)21-12-7-18(27)14-22(21)28/h3-12,14-15,27-28H,2,13H2,1H3,(H,26,29). The number of carbonyl (C=O) groups excluding carboxylic acids is 2. The molecule has 0 aromatic heterocycles. The fraction of sp³-hybridized carbons (Fsp3) is 0.125. The Kier molecular flexibility index (Phi) is 7.42. The molecule has 0 fully saturated rings. The van der Waals surface area contributed by atoms with Crippen molar-refractivity contribution in [1.82, 2.24) is 5.43 Å². The predicted octanol–water partition coefficient (Wildman–Crippen LogP) is 3.87. The lowest BCUT2D eigenvalue weighted by molar-refractivity contribution is 0.0734. The molecule has 0 aliphatic carbocycles. The molecule has 3 rings (SSSR count). The summed E-state index contributed by atoms with van der Waals surface area (Å²) in [5.41, 5.74) is 3.32. The van der Waals surface area contributed by atoms with Crippen LogP contribution in [0.1, 0.15) is 39.6 Å². The summed E-state index contributed by atoms with van der Waals surface area (Å²) in [5, 5.41) is 22.8. The lowest BCUT2D eigenvalue weighted by Crippen LogP contribution is -2.17. The van der Waals surface area contributed by atoms with Gasteiger partial charge in [0.05, 0.1) is 23.9 Å². The Hall–Kier alpha value is -4.33. The van der Waals surface area contributed by atoms with E-state index in [0.29, 0.717) is 29.2 Å². The normalized spacial score (nSPS) is 10.7. The van der Waals surface area contributed by atoms with Gasteiger partial charge in [-0.15, -0.1) is 0 Å². The van der Waals surface area contributed by atoms with Gasteiger partial charge in [0.15, 0.2) is 0 Å². The van der Waals surface area contributed by atoms with Crippen LogP contribution in [0.3, 0.4) is 0 Å². The maximum absolute atomic E-state index is 12.3. The summed E-state index contributed by atoms with van der Waals surface area (Å²) in [5.74, 6) is -0.575. The summed E-state index contributed by atoms with van der Waals surface area (Å²) in [7, 11) is 0. The van der Waals surface area contributed by atoms with E-state index in [2.05, 4.69) is 10.5 Å². The first-order valence-electron chi connectivity index (χ1n) is 9.86. The number of phenols is 2. The number of phenolic OH excluding ortho intramolecular Hbond substituents is 2. The molecule has 3 aromatic carbocycles. The van der Waals surface area contributed by atoms with Gasteiger partial charge in [0.25, 0.3) is 5.91 Å². The van der Waals surface area contributed by atoms with Crippen LogP contribution in [0, 0.1) is 0 Å². The third kappa shape index (κ3) is 6.09. The van der Waals surface area contributed by atoms with Crippen molar-refractivity contribution in [2.45, 2.75) is 13.3 Å². The van der Waals surface area contributed by atoms with E-state index in [0.717, 1.165) is 12.5 Å². The SMILES string of the molecule is CCCOc1ccc(C(=O)Oc2ccc(C=NNC(=O)c3ccc(O)cc3O)cc2)cc1. The summed E-state index contributed by atoms with van der Waals surface area (Å²) in [4.78, 5) is 24.3. The summed E-state index contributed by atoms with van der Waals surface area (Å²) < 4.78 is 10.8. The Balaban J connectivity index is 1.54. The zero-order chi connectivity index (χ0) is 22.9.